The molecule has 3 N–H and O–H groups in total. The van der Waals surface area contributed by atoms with Gasteiger partial charge >= 0.3 is 0 Å². The Hall–Kier alpha value is -1.26. The molecule has 1 aromatic rings. The van der Waals surface area contributed by atoms with Gasteiger partial charge in [-0.15, -0.1) is 12.4 Å². The molecule has 1 aliphatic rings. The predicted octanol–water partition coefficient (Wildman–Crippen LogP) is 1.96. The SMILES string of the molecule is COc1cccc2c1CCC2NC(=O)CCCN.Cl. The number of rotatable bonds is 5. The fraction of sp³-hybridized carbons (Fsp3) is 0.500. The number of hydrogen-bond acceptors (Lipinski definition) is 3. The predicted molar refractivity (Wildman–Crippen MR) is 77.7 cm³/mol. The smallest absolute Gasteiger partial charge is 0.220 e. The Bertz CT molecular complexity index is 437. The Morgan fingerprint density at radius 2 is 2.32 bits per heavy atom. The van der Waals surface area contributed by atoms with Crippen LogP contribution in [-0.2, 0) is 11.2 Å². The Morgan fingerprint density at radius 3 is 3.00 bits per heavy atom. The number of fused-ring (bicyclic) bond motifs is 1. The molecule has 1 atom stereocenters. The lowest BCUT2D eigenvalue weighted by molar-refractivity contribution is -0.121. The van der Waals surface area contributed by atoms with Gasteiger partial charge in [0.25, 0.3) is 0 Å². The van der Waals surface area contributed by atoms with Crippen molar-refractivity contribution in [2.75, 3.05) is 13.7 Å². The average Bonchev–Trinajstić information content (AvgIpc) is 2.79. The topological polar surface area (TPSA) is 64.3 Å². The number of methoxy groups -OCH3 is 1. The van der Waals surface area contributed by atoms with Gasteiger partial charge in [-0.1, -0.05) is 12.1 Å². The van der Waals surface area contributed by atoms with Gasteiger partial charge in [0, 0.05) is 6.42 Å². The minimum atomic E-state index is 0. The third-order valence-corrected chi connectivity index (χ3v) is 3.39. The summed E-state index contributed by atoms with van der Waals surface area (Å²) in [6.45, 7) is 0.558. The zero-order valence-corrected chi connectivity index (χ0v) is 12.0. The van der Waals surface area contributed by atoms with Crippen LogP contribution in [0.4, 0.5) is 0 Å². The number of benzene rings is 1. The summed E-state index contributed by atoms with van der Waals surface area (Å²) < 4.78 is 5.35. The number of nitrogens with one attached hydrogen (secondary N) is 1. The van der Waals surface area contributed by atoms with Gasteiger partial charge in [0.2, 0.25) is 5.91 Å². The second-order valence-electron chi connectivity index (χ2n) is 4.58. The lowest BCUT2D eigenvalue weighted by atomic mass is 10.1. The van der Waals surface area contributed by atoms with E-state index < -0.39 is 0 Å². The van der Waals surface area contributed by atoms with Crippen LogP contribution in [0.25, 0.3) is 0 Å². The first-order valence-electron chi connectivity index (χ1n) is 6.41. The van der Waals surface area contributed by atoms with Gasteiger partial charge in [0.1, 0.15) is 5.75 Å². The monoisotopic (exact) mass is 284 g/mol. The summed E-state index contributed by atoms with van der Waals surface area (Å²) in [5.41, 5.74) is 7.82. The lowest BCUT2D eigenvalue weighted by Gasteiger charge is -2.14. The molecule has 19 heavy (non-hydrogen) atoms. The highest BCUT2D eigenvalue weighted by molar-refractivity contribution is 5.85. The van der Waals surface area contributed by atoms with Crippen LogP contribution in [0.5, 0.6) is 5.75 Å². The summed E-state index contributed by atoms with van der Waals surface area (Å²) in [6.07, 6.45) is 3.15. The summed E-state index contributed by atoms with van der Waals surface area (Å²) in [5.74, 6) is 1.01. The van der Waals surface area contributed by atoms with Gasteiger partial charge < -0.3 is 15.8 Å². The fourth-order valence-corrected chi connectivity index (χ4v) is 2.49. The zero-order chi connectivity index (χ0) is 13.0. The molecule has 0 radical (unpaired) electrons. The summed E-state index contributed by atoms with van der Waals surface area (Å²) in [5, 5.41) is 3.07. The van der Waals surface area contributed by atoms with Crippen LogP contribution in [0.2, 0.25) is 0 Å². The number of hydrogen-bond donors (Lipinski definition) is 2. The van der Waals surface area contributed by atoms with Gasteiger partial charge in [-0.05, 0) is 43.0 Å². The van der Waals surface area contributed by atoms with Gasteiger partial charge in [-0.3, -0.25) is 4.79 Å². The molecule has 0 saturated carbocycles. The van der Waals surface area contributed by atoms with Crippen molar-refractivity contribution in [3.05, 3.63) is 29.3 Å². The molecule has 0 bridgehead atoms. The van der Waals surface area contributed by atoms with Crippen molar-refractivity contribution >= 4 is 18.3 Å². The van der Waals surface area contributed by atoms with Crippen molar-refractivity contribution in [3.8, 4) is 5.75 Å². The first-order valence-corrected chi connectivity index (χ1v) is 6.41. The van der Waals surface area contributed by atoms with E-state index in [1.165, 1.54) is 11.1 Å². The molecule has 0 fully saturated rings. The van der Waals surface area contributed by atoms with Crippen molar-refractivity contribution in [2.45, 2.75) is 31.7 Å². The molecule has 0 heterocycles. The molecule has 4 nitrogen and oxygen atoms in total. The second-order valence-corrected chi connectivity index (χ2v) is 4.58. The van der Waals surface area contributed by atoms with Crippen molar-refractivity contribution in [1.82, 2.24) is 5.32 Å². The second kappa shape index (κ2) is 7.36. The van der Waals surface area contributed by atoms with E-state index in [4.69, 9.17) is 10.5 Å². The van der Waals surface area contributed by atoms with Gasteiger partial charge in [0.15, 0.2) is 0 Å². The van der Waals surface area contributed by atoms with Crippen LogP contribution >= 0.6 is 12.4 Å². The third-order valence-electron chi connectivity index (χ3n) is 3.39. The Labute approximate surface area is 120 Å². The molecular weight excluding hydrogens is 264 g/mol. The third kappa shape index (κ3) is 3.61. The molecule has 0 spiro atoms. The highest BCUT2D eigenvalue weighted by atomic mass is 35.5. The highest BCUT2D eigenvalue weighted by Crippen LogP contribution is 2.36. The minimum absolute atomic E-state index is 0. The molecule has 0 aromatic heterocycles. The van der Waals surface area contributed by atoms with Crippen LogP contribution < -0.4 is 15.8 Å². The van der Waals surface area contributed by atoms with Crippen molar-refractivity contribution in [1.29, 1.82) is 0 Å². The van der Waals surface area contributed by atoms with E-state index in [9.17, 15) is 4.79 Å². The number of nitrogens with two attached hydrogens (primary N) is 1. The Balaban J connectivity index is 0.00000180. The summed E-state index contributed by atoms with van der Waals surface area (Å²) in [4.78, 5) is 11.7. The molecule has 1 aliphatic carbocycles. The van der Waals surface area contributed by atoms with Gasteiger partial charge in [0.05, 0.1) is 13.2 Å². The van der Waals surface area contributed by atoms with Gasteiger partial charge in [-0.25, -0.2) is 0 Å². The quantitative estimate of drug-likeness (QED) is 0.869. The highest BCUT2D eigenvalue weighted by Gasteiger charge is 2.25. The van der Waals surface area contributed by atoms with Gasteiger partial charge in [-0.2, -0.15) is 0 Å². The maximum atomic E-state index is 11.7. The van der Waals surface area contributed by atoms with E-state index in [0.717, 1.165) is 25.0 Å². The van der Waals surface area contributed by atoms with Crippen LogP contribution in [0.1, 0.15) is 36.4 Å². The van der Waals surface area contributed by atoms with E-state index >= 15 is 0 Å². The first kappa shape index (κ1) is 15.8. The standard InChI is InChI=1S/C14H20N2O2.ClH/c1-18-13-5-2-4-10-11(13)7-8-12(10)16-14(17)6-3-9-15;/h2,4-5,12H,3,6-9,15H2,1H3,(H,16,17);1H. The molecule has 5 heteroatoms. The van der Waals surface area contributed by atoms with Crippen LogP contribution in [0.3, 0.4) is 0 Å². The molecule has 106 valence electrons. The summed E-state index contributed by atoms with van der Waals surface area (Å²) in [6, 6.07) is 6.14. The summed E-state index contributed by atoms with van der Waals surface area (Å²) in [7, 11) is 1.68. The van der Waals surface area contributed by atoms with Crippen LogP contribution in [0, 0.1) is 0 Å². The van der Waals surface area contributed by atoms with Crippen LogP contribution in [-0.4, -0.2) is 19.6 Å². The maximum absolute atomic E-state index is 11.7. The van der Waals surface area contributed by atoms with E-state index in [1.54, 1.807) is 7.11 Å². The number of amides is 1. The Morgan fingerprint density at radius 1 is 1.53 bits per heavy atom. The molecule has 1 aromatic carbocycles. The van der Waals surface area contributed by atoms with E-state index in [1.807, 2.05) is 12.1 Å². The number of ether oxygens (including phenoxy) is 1. The van der Waals surface area contributed by atoms with Crippen LogP contribution in [0.15, 0.2) is 18.2 Å². The lowest BCUT2D eigenvalue weighted by Crippen LogP contribution is -2.27. The largest absolute Gasteiger partial charge is 0.496 e. The number of carbonyl (C=O) groups is 1. The number of halogens is 1. The molecule has 0 aliphatic heterocycles. The van der Waals surface area contributed by atoms with Crippen molar-refractivity contribution in [2.24, 2.45) is 5.73 Å². The first-order chi connectivity index (χ1) is 8.76. The molecular formula is C14H21ClN2O2. The molecule has 0 saturated heterocycles. The van der Waals surface area contributed by atoms with E-state index in [-0.39, 0.29) is 24.4 Å². The Kier molecular flexibility index (Phi) is 6.12. The fourth-order valence-electron chi connectivity index (χ4n) is 2.49. The zero-order valence-electron chi connectivity index (χ0n) is 11.1. The molecule has 1 unspecified atom stereocenters. The summed E-state index contributed by atoms with van der Waals surface area (Å²) >= 11 is 0. The maximum Gasteiger partial charge on any atom is 0.220 e. The normalized spacial score (nSPS) is 16.4. The molecule has 1 amide bonds. The van der Waals surface area contributed by atoms with Crippen molar-refractivity contribution < 1.29 is 9.53 Å². The van der Waals surface area contributed by atoms with E-state index in [0.29, 0.717) is 13.0 Å². The van der Waals surface area contributed by atoms with E-state index in [2.05, 4.69) is 11.4 Å². The van der Waals surface area contributed by atoms with Crippen molar-refractivity contribution in [3.63, 3.8) is 0 Å². The minimum Gasteiger partial charge on any atom is -0.496 e. The average molecular weight is 285 g/mol. The number of carbonyl (C=O) groups excluding carboxylic acids is 1. The molecule has 2 rings (SSSR count).